The van der Waals surface area contributed by atoms with E-state index in [2.05, 4.69) is 27.0 Å². The van der Waals surface area contributed by atoms with E-state index in [0.717, 1.165) is 26.7 Å². The molecule has 0 atom stereocenters. The Hall–Kier alpha value is -1.47. The largest absolute Gasteiger partial charge is 0.495 e. The maximum Gasteiger partial charge on any atom is 0.144 e. The maximum absolute atomic E-state index is 8.69. The van der Waals surface area contributed by atoms with Crippen LogP contribution in [0.2, 0.25) is 0 Å². The zero-order chi connectivity index (χ0) is 10.8. The first-order valence-electron chi connectivity index (χ1n) is 4.46. The Balaban J connectivity index is 2.70. The number of benzene rings is 1. The third-order valence-electron chi connectivity index (χ3n) is 2.29. The number of aromatic amines is 1. The van der Waals surface area contributed by atoms with Crippen molar-refractivity contribution in [1.82, 2.24) is 4.98 Å². The van der Waals surface area contributed by atoms with Crippen molar-refractivity contribution in [2.24, 2.45) is 0 Å². The van der Waals surface area contributed by atoms with Crippen LogP contribution in [0.4, 0.5) is 0 Å². The first-order valence-corrected chi connectivity index (χ1v) is 5.26. The number of methoxy groups -OCH3 is 1. The van der Waals surface area contributed by atoms with Gasteiger partial charge >= 0.3 is 0 Å². The number of H-pyrrole nitrogens is 1. The number of fused-ring (bicyclic) bond motifs is 1. The van der Waals surface area contributed by atoms with Crippen LogP contribution in [-0.2, 0) is 6.42 Å². The minimum Gasteiger partial charge on any atom is -0.495 e. The SMILES string of the molecule is COc1cc(Br)cc2c(CC#N)c[nH]c12. The highest BCUT2D eigenvalue weighted by Gasteiger charge is 2.09. The number of hydrogen-bond donors (Lipinski definition) is 1. The molecular formula is C11H9BrN2O. The second kappa shape index (κ2) is 3.95. The Morgan fingerprint density at radius 3 is 3.00 bits per heavy atom. The molecule has 0 spiro atoms. The van der Waals surface area contributed by atoms with Gasteiger partial charge in [0.15, 0.2) is 0 Å². The molecule has 0 aliphatic carbocycles. The van der Waals surface area contributed by atoms with E-state index in [1.807, 2.05) is 18.3 Å². The summed E-state index contributed by atoms with van der Waals surface area (Å²) in [6.07, 6.45) is 2.25. The number of halogens is 1. The van der Waals surface area contributed by atoms with Crippen LogP contribution in [0.5, 0.6) is 5.75 Å². The molecule has 1 aromatic carbocycles. The van der Waals surface area contributed by atoms with Gasteiger partial charge < -0.3 is 9.72 Å². The van der Waals surface area contributed by atoms with Crippen molar-refractivity contribution in [2.75, 3.05) is 7.11 Å². The van der Waals surface area contributed by atoms with Gasteiger partial charge in [-0.05, 0) is 17.7 Å². The van der Waals surface area contributed by atoms with Gasteiger partial charge in [-0.25, -0.2) is 0 Å². The van der Waals surface area contributed by atoms with E-state index in [1.54, 1.807) is 7.11 Å². The molecule has 1 N–H and O–H groups in total. The number of nitrogens with one attached hydrogen (secondary N) is 1. The fraction of sp³-hybridized carbons (Fsp3) is 0.182. The van der Waals surface area contributed by atoms with E-state index in [1.165, 1.54) is 0 Å². The molecule has 0 unspecified atom stereocenters. The minimum atomic E-state index is 0.402. The predicted octanol–water partition coefficient (Wildman–Crippen LogP) is 3.01. The summed E-state index contributed by atoms with van der Waals surface area (Å²) in [7, 11) is 1.63. The minimum absolute atomic E-state index is 0.402. The molecule has 0 saturated carbocycles. The topological polar surface area (TPSA) is 48.8 Å². The zero-order valence-electron chi connectivity index (χ0n) is 8.17. The van der Waals surface area contributed by atoms with Crippen LogP contribution >= 0.6 is 15.9 Å². The van der Waals surface area contributed by atoms with E-state index in [4.69, 9.17) is 10.00 Å². The number of aromatic nitrogens is 1. The summed E-state index contributed by atoms with van der Waals surface area (Å²) in [5.41, 5.74) is 1.93. The molecular weight excluding hydrogens is 256 g/mol. The number of ether oxygens (including phenoxy) is 1. The Morgan fingerprint density at radius 2 is 2.33 bits per heavy atom. The first-order chi connectivity index (χ1) is 7.26. The molecule has 2 rings (SSSR count). The van der Waals surface area contributed by atoms with Crippen molar-refractivity contribution in [3.8, 4) is 11.8 Å². The van der Waals surface area contributed by atoms with Gasteiger partial charge in [-0.15, -0.1) is 0 Å². The van der Waals surface area contributed by atoms with Crippen LogP contribution in [0.1, 0.15) is 5.56 Å². The third-order valence-corrected chi connectivity index (χ3v) is 2.75. The summed E-state index contributed by atoms with van der Waals surface area (Å²) in [5, 5.41) is 9.72. The number of hydrogen-bond acceptors (Lipinski definition) is 2. The van der Waals surface area contributed by atoms with Gasteiger partial charge in [-0.3, -0.25) is 0 Å². The van der Waals surface area contributed by atoms with Gasteiger partial charge in [0, 0.05) is 16.1 Å². The lowest BCUT2D eigenvalue weighted by atomic mass is 10.1. The third kappa shape index (κ3) is 1.71. The van der Waals surface area contributed by atoms with Crippen LogP contribution < -0.4 is 4.74 Å². The van der Waals surface area contributed by atoms with Crippen molar-refractivity contribution in [3.05, 3.63) is 28.4 Å². The van der Waals surface area contributed by atoms with Gasteiger partial charge in [0.25, 0.3) is 0 Å². The molecule has 4 heteroatoms. The lowest BCUT2D eigenvalue weighted by Crippen LogP contribution is -1.85. The quantitative estimate of drug-likeness (QED) is 0.907. The van der Waals surface area contributed by atoms with Gasteiger partial charge in [0.05, 0.1) is 25.1 Å². The molecule has 0 fully saturated rings. The molecule has 0 radical (unpaired) electrons. The van der Waals surface area contributed by atoms with Gasteiger partial charge in [0.1, 0.15) is 5.75 Å². The Kier molecular flexibility index (Phi) is 2.65. The fourth-order valence-corrected chi connectivity index (χ4v) is 2.05. The standard InChI is InChI=1S/C11H9BrN2O/c1-15-10-5-8(12)4-9-7(2-3-13)6-14-11(9)10/h4-6,14H,2H2,1H3. The van der Waals surface area contributed by atoms with Crippen LogP contribution in [-0.4, -0.2) is 12.1 Å². The lowest BCUT2D eigenvalue weighted by Gasteiger charge is -2.02. The summed E-state index contributed by atoms with van der Waals surface area (Å²) in [6, 6.07) is 6.03. The predicted molar refractivity (Wildman–Crippen MR) is 61.9 cm³/mol. The summed E-state index contributed by atoms with van der Waals surface area (Å²) in [5.74, 6) is 0.781. The second-order valence-corrected chi connectivity index (χ2v) is 4.10. The van der Waals surface area contributed by atoms with Crippen molar-refractivity contribution < 1.29 is 4.74 Å². The van der Waals surface area contributed by atoms with E-state index in [9.17, 15) is 0 Å². The van der Waals surface area contributed by atoms with Crippen molar-refractivity contribution >= 4 is 26.8 Å². The van der Waals surface area contributed by atoms with Crippen LogP contribution in [0.15, 0.2) is 22.8 Å². The van der Waals surface area contributed by atoms with Crippen LogP contribution in [0.3, 0.4) is 0 Å². The van der Waals surface area contributed by atoms with Crippen LogP contribution in [0, 0.1) is 11.3 Å². The molecule has 1 aromatic heterocycles. The number of rotatable bonds is 2. The normalized spacial score (nSPS) is 10.2. The van der Waals surface area contributed by atoms with Crippen molar-refractivity contribution in [2.45, 2.75) is 6.42 Å². The van der Waals surface area contributed by atoms with Crippen molar-refractivity contribution in [3.63, 3.8) is 0 Å². The van der Waals surface area contributed by atoms with Crippen molar-refractivity contribution in [1.29, 1.82) is 5.26 Å². The highest BCUT2D eigenvalue weighted by Crippen LogP contribution is 2.31. The summed E-state index contributed by atoms with van der Waals surface area (Å²) >= 11 is 3.42. The zero-order valence-corrected chi connectivity index (χ0v) is 9.76. The van der Waals surface area contributed by atoms with E-state index < -0.39 is 0 Å². The molecule has 2 aromatic rings. The number of nitriles is 1. The summed E-state index contributed by atoms with van der Waals surface area (Å²) in [6.45, 7) is 0. The average Bonchev–Trinajstić information content (AvgIpc) is 2.61. The fourth-order valence-electron chi connectivity index (χ4n) is 1.61. The Bertz CT molecular complexity index is 539. The smallest absolute Gasteiger partial charge is 0.144 e. The van der Waals surface area contributed by atoms with E-state index >= 15 is 0 Å². The maximum atomic E-state index is 8.69. The molecule has 1 heterocycles. The highest BCUT2D eigenvalue weighted by atomic mass is 79.9. The van der Waals surface area contributed by atoms with E-state index in [-0.39, 0.29) is 0 Å². The molecule has 0 bridgehead atoms. The van der Waals surface area contributed by atoms with Gasteiger partial charge in [-0.2, -0.15) is 5.26 Å². The first kappa shape index (κ1) is 10.1. The molecule has 76 valence electrons. The molecule has 0 amide bonds. The molecule has 0 aliphatic heterocycles. The Morgan fingerprint density at radius 1 is 1.53 bits per heavy atom. The summed E-state index contributed by atoms with van der Waals surface area (Å²) in [4.78, 5) is 3.12. The molecule has 0 aliphatic rings. The second-order valence-electron chi connectivity index (χ2n) is 3.18. The monoisotopic (exact) mass is 264 g/mol. The van der Waals surface area contributed by atoms with E-state index in [0.29, 0.717) is 6.42 Å². The average molecular weight is 265 g/mol. The molecule has 0 saturated heterocycles. The van der Waals surface area contributed by atoms with Crippen LogP contribution in [0.25, 0.3) is 10.9 Å². The van der Waals surface area contributed by atoms with Gasteiger partial charge in [0.2, 0.25) is 0 Å². The Labute approximate surface area is 95.8 Å². The highest BCUT2D eigenvalue weighted by molar-refractivity contribution is 9.10. The lowest BCUT2D eigenvalue weighted by molar-refractivity contribution is 0.419. The number of nitrogens with zero attached hydrogens (tertiary/aromatic N) is 1. The van der Waals surface area contributed by atoms with Gasteiger partial charge in [-0.1, -0.05) is 15.9 Å². The summed E-state index contributed by atoms with van der Waals surface area (Å²) < 4.78 is 6.21. The molecule has 15 heavy (non-hydrogen) atoms. The molecule has 3 nitrogen and oxygen atoms in total.